The molecule has 0 saturated carbocycles. The number of halogens is 3. The lowest BCUT2D eigenvalue weighted by molar-refractivity contribution is -0.141. The summed E-state index contributed by atoms with van der Waals surface area (Å²) in [7, 11) is -2.15. The zero-order chi connectivity index (χ0) is 21.4. The molecule has 3 heterocycles. The van der Waals surface area contributed by atoms with Crippen molar-refractivity contribution in [1.29, 1.82) is 0 Å². The number of hydrogen-bond acceptors (Lipinski definition) is 7. The second-order valence-electron chi connectivity index (χ2n) is 6.02. The van der Waals surface area contributed by atoms with Crippen LogP contribution >= 0.6 is 11.8 Å². The third-order valence-electron chi connectivity index (χ3n) is 4.16. The number of thioether (sulfide) groups is 1. The molecule has 156 valence electrons. The van der Waals surface area contributed by atoms with E-state index in [4.69, 9.17) is 4.74 Å². The van der Waals surface area contributed by atoms with Gasteiger partial charge in [0, 0.05) is 13.1 Å². The van der Waals surface area contributed by atoms with Crippen molar-refractivity contribution in [3.8, 4) is 17.3 Å². The number of pyridine rings is 2. The Morgan fingerprint density at radius 1 is 1.21 bits per heavy atom. The van der Waals surface area contributed by atoms with Gasteiger partial charge in [-0.15, -0.1) is 11.8 Å². The highest BCUT2D eigenvalue weighted by Crippen LogP contribution is 2.33. The van der Waals surface area contributed by atoms with Crippen LogP contribution in [-0.2, 0) is 23.1 Å². The van der Waals surface area contributed by atoms with Crippen LogP contribution in [0.3, 0.4) is 0 Å². The van der Waals surface area contributed by atoms with E-state index in [1.165, 1.54) is 35.5 Å². The standard InChI is InChI=1S/C17H17F3N4O3S2/c1-4-29(25,26)13-5-10(27-9-28-3)7-22-15(13)16-23-11-6-14(17(18,19)20)21-8-12(11)24(16)2/h5-8H,4,9H2,1-3H3. The number of ether oxygens (including phenoxy) is 1. The van der Waals surface area contributed by atoms with Crippen LogP contribution in [0.1, 0.15) is 12.6 Å². The van der Waals surface area contributed by atoms with Crippen molar-refractivity contribution in [1.82, 2.24) is 19.5 Å². The van der Waals surface area contributed by atoms with Gasteiger partial charge in [-0.1, -0.05) is 6.92 Å². The molecule has 0 amide bonds. The number of fused-ring (bicyclic) bond motifs is 1. The first kappa shape index (κ1) is 21.4. The molecule has 0 radical (unpaired) electrons. The molecule has 3 rings (SSSR count). The minimum Gasteiger partial charge on any atom is -0.481 e. The van der Waals surface area contributed by atoms with Crippen LogP contribution in [-0.4, -0.2) is 45.9 Å². The van der Waals surface area contributed by atoms with E-state index in [-0.39, 0.29) is 33.4 Å². The number of sulfone groups is 1. The summed E-state index contributed by atoms with van der Waals surface area (Å²) in [5.41, 5.74) is -0.688. The maximum atomic E-state index is 13.0. The monoisotopic (exact) mass is 446 g/mol. The smallest absolute Gasteiger partial charge is 0.433 e. The van der Waals surface area contributed by atoms with Crippen molar-refractivity contribution in [2.24, 2.45) is 7.05 Å². The summed E-state index contributed by atoms with van der Waals surface area (Å²) in [5, 5.41) is 0. The molecule has 12 heteroatoms. The predicted molar refractivity (Wildman–Crippen MR) is 103 cm³/mol. The van der Waals surface area contributed by atoms with Crippen molar-refractivity contribution in [3.63, 3.8) is 0 Å². The van der Waals surface area contributed by atoms with Crippen LogP contribution in [0.15, 0.2) is 29.4 Å². The van der Waals surface area contributed by atoms with E-state index < -0.39 is 21.7 Å². The second-order valence-corrected chi connectivity index (χ2v) is 9.08. The van der Waals surface area contributed by atoms with Crippen molar-refractivity contribution < 1.29 is 26.3 Å². The van der Waals surface area contributed by atoms with Crippen LogP contribution in [0.25, 0.3) is 22.6 Å². The summed E-state index contributed by atoms with van der Waals surface area (Å²) in [6.07, 6.45) is -0.372. The number of rotatable bonds is 6. The fraction of sp³-hybridized carbons (Fsp3) is 0.353. The molecule has 0 aliphatic rings. The minimum absolute atomic E-state index is 0.0363. The minimum atomic E-state index is -4.61. The van der Waals surface area contributed by atoms with E-state index in [9.17, 15) is 21.6 Å². The van der Waals surface area contributed by atoms with Crippen molar-refractivity contribution in [3.05, 3.63) is 30.2 Å². The molecule has 0 spiro atoms. The Morgan fingerprint density at radius 2 is 1.93 bits per heavy atom. The Kier molecular flexibility index (Phi) is 5.77. The number of aryl methyl sites for hydroxylation is 1. The Morgan fingerprint density at radius 3 is 2.55 bits per heavy atom. The van der Waals surface area contributed by atoms with Gasteiger partial charge >= 0.3 is 6.18 Å². The maximum Gasteiger partial charge on any atom is 0.433 e. The van der Waals surface area contributed by atoms with E-state index in [1.54, 1.807) is 7.05 Å². The Labute approximate surface area is 169 Å². The van der Waals surface area contributed by atoms with Gasteiger partial charge in [-0.3, -0.25) is 0 Å². The van der Waals surface area contributed by atoms with Crippen LogP contribution in [0.4, 0.5) is 13.2 Å². The average molecular weight is 446 g/mol. The summed E-state index contributed by atoms with van der Waals surface area (Å²) in [4.78, 5) is 11.8. The molecular formula is C17H17F3N4O3S2. The lowest BCUT2D eigenvalue weighted by Gasteiger charge is -2.11. The highest BCUT2D eigenvalue weighted by Gasteiger charge is 2.33. The van der Waals surface area contributed by atoms with Gasteiger partial charge in [0.05, 0.1) is 29.2 Å². The molecule has 0 N–H and O–H groups in total. The Balaban J connectivity index is 2.21. The van der Waals surface area contributed by atoms with Gasteiger partial charge < -0.3 is 9.30 Å². The van der Waals surface area contributed by atoms with Crippen LogP contribution in [0.2, 0.25) is 0 Å². The summed E-state index contributed by atoms with van der Waals surface area (Å²) in [6.45, 7) is 1.49. The molecular weight excluding hydrogens is 429 g/mol. The predicted octanol–water partition coefficient (Wildman–Crippen LogP) is 3.54. The third-order valence-corrected chi connectivity index (χ3v) is 6.25. The van der Waals surface area contributed by atoms with Gasteiger partial charge in [0.15, 0.2) is 15.7 Å². The second kappa shape index (κ2) is 7.82. The number of imidazole rings is 1. The topological polar surface area (TPSA) is 87.0 Å². The van der Waals surface area contributed by atoms with Gasteiger partial charge in [0.25, 0.3) is 0 Å². The SMILES string of the molecule is CCS(=O)(=O)c1cc(OCSC)cnc1-c1nc2cc(C(F)(F)F)ncc2n1C. The number of aromatic nitrogens is 4. The van der Waals surface area contributed by atoms with Gasteiger partial charge in [0.1, 0.15) is 28.0 Å². The zero-order valence-electron chi connectivity index (χ0n) is 15.7. The van der Waals surface area contributed by atoms with E-state index in [2.05, 4.69) is 15.0 Å². The quantitative estimate of drug-likeness (QED) is 0.535. The first-order valence-electron chi connectivity index (χ1n) is 8.33. The van der Waals surface area contributed by atoms with E-state index >= 15 is 0 Å². The van der Waals surface area contributed by atoms with Gasteiger partial charge in [-0.25, -0.2) is 23.4 Å². The van der Waals surface area contributed by atoms with E-state index in [0.717, 1.165) is 12.3 Å². The lowest BCUT2D eigenvalue weighted by atomic mass is 10.3. The summed E-state index contributed by atoms with van der Waals surface area (Å²) >= 11 is 1.41. The molecule has 0 aliphatic heterocycles. The lowest BCUT2D eigenvalue weighted by Crippen LogP contribution is -2.09. The highest BCUT2D eigenvalue weighted by molar-refractivity contribution is 7.98. The molecule has 0 atom stereocenters. The summed E-state index contributed by atoms with van der Waals surface area (Å²) in [5.74, 6) is 0.516. The molecule has 0 unspecified atom stereocenters. The van der Waals surface area contributed by atoms with E-state index in [0.29, 0.717) is 11.5 Å². The Bertz CT molecular complexity index is 1160. The molecule has 29 heavy (non-hydrogen) atoms. The summed E-state index contributed by atoms with van der Waals surface area (Å²) < 4.78 is 71.0. The third kappa shape index (κ3) is 4.17. The van der Waals surface area contributed by atoms with Crippen LogP contribution in [0.5, 0.6) is 5.75 Å². The Hall–Kier alpha value is -2.34. The maximum absolute atomic E-state index is 13.0. The largest absolute Gasteiger partial charge is 0.481 e. The van der Waals surface area contributed by atoms with Gasteiger partial charge in [-0.05, 0) is 12.3 Å². The molecule has 3 aromatic rings. The van der Waals surface area contributed by atoms with Gasteiger partial charge in [-0.2, -0.15) is 13.2 Å². The molecule has 0 saturated heterocycles. The number of hydrogen-bond donors (Lipinski definition) is 0. The number of nitrogens with zero attached hydrogens (tertiary/aromatic N) is 4. The molecule has 7 nitrogen and oxygen atoms in total. The van der Waals surface area contributed by atoms with Crippen LogP contribution < -0.4 is 4.74 Å². The number of alkyl halides is 3. The molecule has 0 bridgehead atoms. The summed E-state index contributed by atoms with van der Waals surface area (Å²) in [6, 6.07) is 2.18. The fourth-order valence-electron chi connectivity index (χ4n) is 2.65. The molecule has 3 aromatic heterocycles. The van der Waals surface area contributed by atoms with Crippen molar-refractivity contribution in [2.75, 3.05) is 17.9 Å². The van der Waals surface area contributed by atoms with Crippen molar-refractivity contribution in [2.45, 2.75) is 18.0 Å². The van der Waals surface area contributed by atoms with Gasteiger partial charge in [0.2, 0.25) is 0 Å². The highest BCUT2D eigenvalue weighted by atomic mass is 32.2. The van der Waals surface area contributed by atoms with Crippen LogP contribution in [0, 0.1) is 0 Å². The first-order valence-corrected chi connectivity index (χ1v) is 11.4. The van der Waals surface area contributed by atoms with E-state index in [1.807, 2.05) is 6.26 Å². The first-order chi connectivity index (χ1) is 13.6. The molecule has 0 aromatic carbocycles. The normalized spacial score (nSPS) is 12.5. The zero-order valence-corrected chi connectivity index (χ0v) is 17.3. The fourth-order valence-corrected chi connectivity index (χ4v) is 3.95. The van der Waals surface area contributed by atoms with Crippen molar-refractivity contribution >= 4 is 32.6 Å². The molecule has 0 fully saturated rings. The molecule has 0 aliphatic carbocycles. The average Bonchev–Trinajstić information content (AvgIpc) is 3.01.